The Balaban J connectivity index is 1.56. The molecule has 0 unspecified atom stereocenters. The molecule has 130 valence electrons. The summed E-state index contributed by atoms with van der Waals surface area (Å²) in [5, 5.41) is 12.0. The molecule has 4 rings (SSSR count). The fraction of sp³-hybridized carbons (Fsp3) is 0.150. The van der Waals surface area contributed by atoms with E-state index in [4.69, 9.17) is 4.74 Å². The van der Waals surface area contributed by atoms with Crippen LogP contribution >= 0.6 is 0 Å². The number of methoxy groups -OCH3 is 1. The largest absolute Gasteiger partial charge is 0.497 e. The molecule has 6 heteroatoms. The lowest BCUT2D eigenvalue weighted by Crippen LogP contribution is -2.08. The van der Waals surface area contributed by atoms with Crippen LogP contribution in [0.1, 0.15) is 5.56 Å². The normalized spacial score (nSPS) is 10.8. The fourth-order valence-corrected chi connectivity index (χ4v) is 2.86. The van der Waals surface area contributed by atoms with Crippen LogP contribution in [0, 0.1) is 0 Å². The summed E-state index contributed by atoms with van der Waals surface area (Å²) in [5.41, 5.74) is 2.97. The van der Waals surface area contributed by atoms with Crippen molar-refractivity contribution in [1.82, 2.24) is 19.6 Å². The maximum Gasteiger partial charge on any atom is 0.203 e. The van der Waals surface area contributed by atoms with Crippen molar-refractivity contribution in [1.29, 1.82) is 0 Å². The van der Waals surface area contributed by atoms with Crippen LogP contribution in [-0.4, -0.2) is 33.2 Å². The van der Waals surface area contributed by atoms with Gasteiger partial charge in [-0.15, -0.1) is 10.2 Å². The first kappa shape index (κ1) is 16.1. The molecule has 0 amide bonds. The Bertz CT molecular complexity index is 996. The number of aromatic nitrogens is 4. The van der Waals surface area contributed by atoms with Gasteiger partial charge in [-0.2, -0.15) is 0 Å². The van der Waals surface area contributed by atoms with Gasteiger partial charge in [0.25, 0.3) is 0 Å². The minimum atomic E-state index is 0.714. The highest BCUT2D eigenvalue weighted by atomic mass is 16.5. The van der Waals surface area contributed by atoms with Crippen molar-refractivity contribution < 1.29 is 4.74 Å². The number of hydrogen-bond acceptors (Lipinski definition) is 5. The quantitative estimate of drug-likeness (QED) is 0.580. The van der Waals surface area contributed by atoms with Gasteiger partial charge in [0.05, 0.1) is 7.11 Å². The summed E-state index contributed by atoms with van der Waals surface area (Å²) in [6.07, 6.45) is 4.55. The van der Waals surface area contributed by atoms with Crippen molar-refractivity contribution in [3.05, 3.63) is 72.6 Å². The van der Waals surface area contributed by atoms with Crippen LogP contribution in [0.4, 0.5) is 5.82 Å². The number of nitrogens with one attached hydrogen (secondary N) is 1. The number of benzene rings is 2. The molecule has 0 radical (unpaired) electrons. The Morgan fingerprint density at radius 2 is 1.81 bits per heavy atom. The number of ether oxygens (including phenoxy) is 1. The monoisotopic (exact) mass is 345 g/mol. The van der Waals surface area contributed by atoms with Crippen molar-refractivity contribution in [3.8, 4) is 17.1 Å². The zero-order valence-electron chi connectivity index (χ0n) is 14.5. The Kier molecular flexibility index (Phi) is 4.47. The smallest absolute Gasteiger partial charge is 0.203 e. The molecule has 0 aliphatic rings. The van der Waals surface area contributed by atoms with Crippen LogP contribution in [0.15, 0.2) is 67.0 Å². The van der Waals surface area contributed by atoms with Crippen LogP contribution < -0.4 is 10.1 Å². The number of fused-ring (bicyclic) bond motifs is 1. The standard InChI is InChI=1S/C20H19N5O/c1-26-17-9-7-16(8-10-17)19-23-24-20-18(22-13-14-25(19)20)21-12-11-15-5-3-2-4-6-15/h2-10,13-14H,11-12H2,1H3,(H,21,22). The van der Waals surface area contributed by atoms with Crippen molar-refractivity contribution in [2.75, 3.05) is 19.0 Å². The topological polar surface area (TPSA) is 64.3 Å². The molecule has 0 spiro atoms. The zero-order valence-corrected chi connectivity index (χ0v) is 14.5. The summed E-state index contributed by atoms with van der Waals surface area (Å²) < 4.78 is 7.16. The van der Waals surface area contributed by atoms with Crippen molar-refractivity contribution in [3.63, 3.8) is 0 Å². The van der Waals surface area contributed by atoms with E-state index in [9.17, 15) is 0 Å². The molecule has 0 aliphatic heterocycles. The van der Waals surface area contributed by atoms with Gasteiger partial charge in [0.15, 0.2) is 11.6 Å². The Labute approximate surface area is 151 Å². The predicted octanol–water partition coefficient (Wildman–Crippen LogP) is 3.45. The molecule has 2 aromatic carbocycles. The van der Waals surface area contributed by atoms with Crippen molar-refractivity contribution in [2.45, 2.75) is 6.42 Å². The molecule has 0 aliphatic carbocycles. The van der Waals surface area contributed by atoms with E-state index in [0.717, 1.165) is 35.9 Å². The number of hydrogen-bond donors (Lipinski definition) is 1. The molecular weight excluding hydrogens is 326 g/mol. The van der Waals surface area contributed by atoms with Gasteiger partial charge in [0.2, 0.25) is 5.65 Å². The summed E-state index contributed by atoms with van der Waals surface area (Å²) in [6.45, 7) is 0.779. The van der Waals surface area contributed by atoms with Gasteiger partial charge in [0, 0.05) is 24.5 Å². The minimum absolute atomic E-state index is 0.714. The molecule has 6 nitrogen and oxygen atoms in total. The highest BCUT2D eigenvalue weighted by Gasteiger charge is 2.12. The van der Waals surface area contributed by atoms with E-state index in [1.165, 1.54) is 5.56 Å². The summed E-state index contributed by atoms with van der Waals surface area (Å²) in [6, 6.07) is 18.1. The molecule has 0 bridgehead atoms. The third kappa shape index (κ3) is 3.21. The van der Waals surface area contributed by atoms with E-state index in [0.29, 0.717) is 5.65 Å². The van der Waals surface area contributed by atoms with E-state index < -0.39 is 0 Å². The van der Waals surface area contributed by atoms with E-state index in [2.05, 4.69) is 32.6 Å². The highest BCUT2D eigenvalue weighted by Crippen LogP contribution is 2.23. The molecule has 26 heavy (non-hydrogen) atoms. The molecule has 2 heterocycles. The number of rotatable bonds is 6. The van der Waals surface area contributed by atoms with Gasteiger partial charge in [-0.25, -0.2) is 4.98 Å². The lowest BCUT2D eigenvalue weighted by atomic mass is 10.1. The van der Waals surface area contributed by atoms with E-state index in [1.807, 2.05) is 53.1 Å². The lowest BCUT2D eigenvalue weighted by molar-refractivity contribution is 0.415. The van der Waals surface area contributed by atoms with Gasteiger partial charge >= 0.3 is 0 Å². The maximum absolute atomic E-state index is 5.21. The van der Waals surface area contributed by atoms with E-state index >= 15 is 0 Å². The second kappa shape index (κ2) is 7.23. The van der Waals surface area contributed by atoms with Gasteiger partial charge in [0.1, 0.15) is 5.75 Å². The molecule has 0 saturated carbocycles. The summed E-state index contributed by atoms with van der Waals surface area (Å²) >= 11 is 0. The minimum Gasteiger partial charge on any atom is -0.497 e. The summed E-state index contributed by atoms with van der Waals surface area (Å²) in [5.74, 6) is 2.32. The van der Waals surface area contributed by atoms with Gasteiger partial charge in [-0.05, 0) is 36.2 Å². The predicted molar refractivity (Wildman–Crippen MR) is 101 cm³/mol. The third-order valence-electron chi connectivity index (χ3n) is 4.22. The molecule has 2 aromatic heterocycles. The zero-order chi connectivity index (χ0) is 17.8. The maximum atomic E-state index is 5.21. The first-order chi connectivity index (χ1) is 12.8. The molecule has 4 aromatic rings. The van der Waals surface area contributed by atoms with E-state index in [-0.39, 0.29) is 0 Å². The Morgan fingerprint density at radius 3 is 2.58 bits per heavy atom. The SMILES string of the molecule is COc1ccc(-c2nnc3c(NCCc4ccccc4)nccn23)cc1. The number of nitrogens with zero attached hydrogens (tertiary/aromatic N) is 4. The molecular formula is C20H19N5O. The van der Waals surface area contributed by atoms with Crippen molar-refractivity contribution >= 4 is 11.5 Å². The molecule has 1 N–H and O–H groups in total. The van der Waals surface area contributed by atoms with Crippen LogP contribution in [0.5, 0.6) is 5.75 Å². The molecule has 0 fully saturated rings. The van der Waals surface area contributed by atoms with Crippen LogP contribution in [-0.2, 0) is 6.42 Å². The summed E-state index contributed by atoms with van der Waals surface area (Å²) in [7, 11) is 1.65. The van der Waals surface area contributed by atoms with Crippen LogP contribution in [0.2, 0.25) is 0 Å². The first-order valence-electron chi connectivity index (χ1n) is 8.47. The molecule has 0 saturated heterocycles. The second-order valence-electron chi connectivity index (χ2n) is 5.88. The van der Waals surface area contributed by atoms with E-state index in [1.54, 1.807) is 13.3 Å². The summed E-state index contributed by atoms with van der Waals surface area (Å²) in [4.78, 5) is 4.42. The average Bonchev–Trinajstić information content (AvgIpc) is 3.14. The Morgan fingerprint density at radius 1 is 1.00 bits per heavy atom. The van der Waals surface area contributed by atoms with Gasteiger partial charge < -0.3 is 10.1 Å². The average molecular weight is 345 g/mol. The Hall–Kier alpha value is -3.41. The first-order valence-corrected chi connectivity index (χ1v) is 8.47. The lowest BCUT2D eigenvalue weighted by Gasteiger charge is -2.07. The second-order valence-corrected chi connectivity index (χ2v) is 5.88. The molecule has 0 atom stereocenters. The van der Waals surface area contributed by atoms with Gasteiger partial charge in [-0.3, -0.25) is 4.40 Å². The van der Waals surface area contributed by atoms with Crippen LogP contribution in [0.3, 0.4) is 0 Å². The highest BCUT2D eigenvalue weighted by molar-refractivity contribution is 5.68. The third-order valence-corrected chi connectivity index (χ3v) is 4.22. The van der Waals surface area contributed by atoms with Crippen LogP contribution in [0.25, 0.3) is 17.0 Å². The fourth-order valence-electron chi connectivity index (χ4n) is 2.86. The number of anilines is 1. The van der Waals surface area contributed by atoms with Gasteiger partial charge in [-0.1, -0.05) is 30.3 Å². The van der Waals surface area contributed by atoms with Crippen molar-refractivity contribution in [2.24, 2.45) is 0 Å².